The Balaban J connectivity index is 1.76. The van der Waals surface area contributed by atoms with Crippen LogP contribution in [0.25, 0.3) is 0 Å². The van der Waals surface area contributed by atoms with Crippen molar-refractivity contribution in [3.05, 3.63) is 91.7 Å². The summed E-state index contributed by atoms with van der Waals surface area (Å²) in [5, 5.41) is 4.06. The van der Waals surface area contributed by atoms with Crippen LogP contribution >= 0.6 is 27.5 Å². The van der Waals surface area contributed by atoms with Gasteiger partial charge in [-0.3, -0.25) is 4.79 Å². The maximum Gasteiger partial charge on any atom is 0.336 e. The molecule has 0 saturated carbocycles. The number of carbonyl (C=O) groups is 2. The van der Waals surface area contributed by atoms with Gasteiger partial charge < -0.3 is 10.1 Å². The summed E-state index contributed by atoms with van der Waals surface area (Å²) >= 11 is 9.52. The molecule has 2 aromatic rings. The van der Waals surface area contributed by atoms with Crippen LogP contribution in [0.15, 0.2) is 75.5 Å². The van der Waals surface area contributed by atoms with E-state index >= 15 is 0 Å². The van der Waals surface area contributed by atoms with E-state index in [2.05, 4.69) is 21.2 Å². The Morgan fingerprint density at radius 2 is 1.75 bits per heavy atom. The molecule has 0 aromatic heterocycles. The Bertz CT molecular complexity index is 1100. The molecule has 4 rings (SSSR count). The molecule has 0 saturated heterocycles. The Morgan fingerprint density at radius 1 is 1.09 bits per heavy atom. The second-order valence-electron chi connectivity index (χ2n) is 8.26. The fraction of sp³-hybridized carbons (Fsp3) is 0.308. The van der Waals surface area contributed by atoms with Crippen LogP contribution in [0.5, 0.6) is 0 Å². The van der Waals surface area contributed by atoms with Crippen LogP contribution in [0, 0.1) is 0 Å². The number of benzene rings is 2. The fourth-order valence-corrected chi connectivity index (χ4v) is 4.93. The number of rotatable bonds is 5. The number of ether oxygens (including phenoxy) is 1. The smallest absolute Gasteiger partial charge is 0.336 e. The molecule has 0 unspecified atom stereocenters. The number of allylic oxidation sites excluding steroid dienone is 3. The minimum Gasteiger partial charge on any atom is -0.462 e. The van der Waals surface area contributed by atoms with E-state index in [1.807, 2.05) is 62.4 Å². The highest BCUT2D eigenvalue weighted by Gasteiger charge is 2.41. The molecule has 1 N–H and O–H groups in total. The van der Waals surface area contributed by atoms with Crippen molar-refractivity contribution >= 4 is 39.3 Å². The second-order valence-corrected chi connectivity index (χ2v) is 9.61. The van der Waals surface area contributed by atoms with Gasteiger partial charge in [0.2, 0.25) is 0 Å². The van der Waals surface area contributed by atoms with Crippen molar-refractivity contribution in [3.63, 3.8) is 0 Å². The molecule has 1 aliphatic heterocycles. The number of carbonyl (C=O) groups excluding carboxylic acids is 2. The van der Waals surface area contributed by atoms with Gasteiger partial charge in [0.1, 0.15) is 0 Å². The van der Waals surface area contributed by atoms with E-state index in [9.17, 15) is 9.59 Å². The van der Waals surface area contributed by atoms with Gasteiger partial charge in [0.05, 0.1) is 12.2 Å². The molecule has 1 heterocycles. The van der Waals surface area contributed by atoms with Crippen molar-refractivity contribution in [2.75, 3.05) is 6.61 Å². The molecule has 2 aromatic carbocycles. The van der Waals surface area contributed by atoms with Gasteiger partial charge in [-0.05, 0) is 61.1 Å². The largest absolute Gasteiger partial charge is 0.462 e. The highest BCUT2D eigenvalue weighted by molar-refractivity contribution is 9.10. The van der Waals surface area contributed by atoms with E-state index in [0.717, 1.165) is 33.4 Å². The molecule has 2 aliphatic rings. The Labute approximate surface area is 201 Å². The number of dihydropyridines is 1. The van der Waals surface area contributed by atoms with Gasteiger partial charge in [-0.1, -0.05) is 58.7 Å². The molecule has 0 bridgehead atoms. The summed E-state index contributed by atoms with van der Waals surface area (Å²) in [6, 6.07) is 15.5. The first kappa shape index (κ1) is 22.8. The summed E-state index contributed by atoms with van der Waals surface area (Å²) in [7, 11) is 0. The van der Waals surface area contributed by atoms with Crippen molar-refractivity contribution < 1.29 is 14.3 Å². The number of Topliss-reactive ketones (excluding diaryl/α,β-unsaturated/α-hetero) is 1. The Kier molecular flexibility index (Phi) is 6.87. The fourth-order valence-electron chi connectivity index (χ4n) is 4.54. The third-order valence-corrected chi connectivity index (χ3v) is 6.81. The van der Waals surface area contributed by atoms with Crippen LogP contribution < -0.4 is 5.32 Å². The maximum atomic E-state index is 13.5. The molecule has 0 spiro atoms. The van der Waals surface area contributed by atoms with E-state index in [1.165, 1.54) is 0 Å². The quantitative estimate of drug-likeness (QED) is 0.468. The average molecular weight is 515 g/mol. The van der Waals surface area contributed by atoms with Gasteiger partial charge in [0, 0.05) is 38.8 Å². The van der Waals surface area contributed by atoms with Crippen molar-refractivity contribution in [1.82, 2.24) is 5.32 Å². The van der Waals surface area contributed by atoms with E-state index < -0.39 is 5.92 Å². The predicted octanol–water partition coefficient (Wildman–Crippen LogP) is 6.42. The summed E-state index contributed by atoms with van der Waals surface area (Å²) in [5.74, 6) is -0.691. The van der Waals surface area contributed by atoms with Crippen molar-refractivity contribution in [1.29, 1.82) is 0 Å². The molecule has 6 heteroatoms. The third kappa shape index (κ3) is 4.55. The van der Waals surface area contributed by atoms with Crippen LogP contribution in [-0.4, -0.2) is 18.4 Å². The lowest BCUT2D eigenvalue weighted by atomic mass is 9.72. The Hall–Kier alpha value is -2.37. The van der Waals surface area contributed by atoms with Gasteiger partial charge in [-0.25, -0.2) is 4.79 Å². The van der Waals surface area contributed by atoms with Crippen LogP contribution in [0.4, 0.5) is 0 Å². The van der Waals surface area contributed by atoms with E-state index in [0.29, 0.717) is 35.6 Å². The van der Waals surface area contributed by atoms with Crippen molar-refractivity contribution in [2.24, 2.45) is 0 Å². The van der Waals surface area contributed by atoms with Crippen LogP contribution in [0.2, 0.25) is 5.02 Å². The Morgan fingerprint density at radius 3 is 2.41 bits per heavy atom. The second kappa shape index (κ2) is 9.63. The zero-order valence-electron chi connectivity index (χ0n) is 18.1. The highest BCUT2D eigenvalue weighted by Crippen LogP contribution is 2.45. The summed E-state index contributed by atoms with van der Waals surface area (Å²) in [5.41, 5.74) is 4.81. The van der Waals surface area contributed by atoms with Crippen molar-refractivity contribution in [2.45, 2.75) is 44.9 Å². The zero-order valence-corrected chi connectivity index (χ0v) is 20.4. The topological polar surface area (TPSA) is 55.4 Å². The molecule has 2 atom stereocenters. The molecule has 0 radical (unpaired) electrons. The van der Waals surface area contributed by atoms with Gasteiger partial charge in [-0.15, -0.1) is 0 Å². The molecule has 4 nitrogen and oxygen atoms in total. The number of esters is 1. The maximum absolute atomic E-state index is 13.5. The molecule has 166 valence electrons. The molecule has 1 aliphatic carbocycles. The van der Waals surface area contributed by atoms with Crippen LogP contribution in [0.3, 0.4) is 0 Å². The third-order valence-electron chi connectivity index (χ3n) is 6.03. The SMILES string of the molecule is CCCOC(=O)C1=C(C)NC2=C(C(=O)C[C@@H](c3ccc(Cl)cc3)C2)[C@H]1c1ccc(Br)cc1. The molecular formula is C26H25BrClNO3. The molecule has 0 fully saturated rings. The van der Waals surface area contributed by atoms with Crippen LogP contribution in [0.1, 0.15) is 56.1 Å². The lowest BCUT2D eigenvalue weighted by Gasteiger charge is -2.36. The first-order valence-electron chi connectivity index (χ1n) is 10.8. The first-order valence-corrected chi connectivity index (χ1v) is 12.0. The van der Waals surface area contributed by atoms with Crippen LogP contribution in [-0.2, 0) is 14.3 Å². The minimum atomic E-state index is -0.442. The summed E-state index contributed by atoms with van der Waals surface area (Å²) < 4.78 is 6.44. The molecular weight excluding hydrogens is 490 g/mol. The normalized spacial score (nSPS) is 20.7. The summed E-state index contributed by atoms with van der Waals surface area (Å²) in [4.78, 5) is 26.6. The lowest BCUT2D eigenvalue weighted by molar-refractivity contribution is -0.139. The summed E-state index contributed by atoms with van der Waals surface area (Å²) in [6.45, 7) is 4.19. The standard InChI is InChI=1S/C26H25BrClNO3/c1-3-12-32-26(31)23-15(2)29-21-13-18(16-6-10-20(28)11-7-16)14-22(30)25(21)24(23)17-4-8-19(27)9-5-17/h4-11,18,24,29H,3,12-14H2,1-2H3/t18-,24-/m0/s1. The summed E-state index contributed by atoms with van der Waals surface area (Å²) in [6.07, 6.45) is 1.83. The number of nitrogens with one attached hydrogen (secondary N) is 1. The van der Waals surface area contributed by atoms with Gasteiger partial charge in [0.15, 0.2) is 5.78 Å². The predicted molar refractivity (Wildman–Crippen MR) is 129 cm³/mol. The number of ketones is 1. The van der Waals surface area contributed by atoms with Gasteiger partial charge in [0.25, 0.3) is 0 Å². The number of halogens is 2. The monoisotopic (exact) mass is 513 g/mol. The van der Waals surface area contributed by atoms with E-state index in [4.69, 9.17) is 16.3 Å². The lowest BCUT2D eigenvalue weighted by Crippen LogP contribution is -2.36. The van der Waals surface area contributed by atoms with E-state index in [-0.39, 0.29) is 17.7 Å². The number of hydrogen-bond donors (Lipinski definition) is 1. The van der Waals surface area contributed by atoms with Gasteiger partial charge >= 0.3 is 5.97 Å². The number of hydrogen-bond acceptors (Lipinski definition) is 4. The minimum absolute atomic E-state index is 0.0555. The first-order chi connectivity index (χ1) is 15.4. The van der Waals surface area contributed by atoms with E-state index in [1.54, 1.807) is 0 Å². The average Bonchev–Trinajstić information content (AvgIpc) is 2.77. The molecule has 0 amide bonds. The highest BCUT2D eigenvalue weighted by atomic mass is 79.9. The zero-order chi connectivity index (χ0) is 22.8. The van der Waals surface area contributed by atoms with Crippen molar-refractivity contribution in [3.8, 4) is 0 Å². The van der Waals surface area contributed by atoms with Gasteiger partial charge in [-0.2, -0.15) is 0 Å². The molecule has 32 heavy (non-hydrogen) atoms.